The van der Waals surface area contributed by atoms with Gasteiger partial charge in [0.15, 0.2) is 10.3 Å². The third-order valence-corrected chi connectivity index (χ3v) is 5.33. The van der Waals surface area contributed by atoms with Gasteiger partial charge in [-0.2, -0.15) is 0 Å². The third-order valence-electron chi connectivity index (χ3n) is 3.87. The minimum absolute atomic E-state index is 0.00491. The molecule has 2 N–H and O–H groups in total. The molecule has 0 fully saturated rings. The number of pyridine rings is 1. The minimum Gasteiger partial charge on any atom is -0.384 e. The number of nitrogens with two attached hydrogens (primary N) is 1. The molecule has 3 rings (SSSR count). The van der Waals surface area contributed by atoms with Gasteiger partial charge in [-0.1, -0.05) is 48.8 Å². The van der Waals surface area contributed by atoms with Crippen LogP contribution in [0.4, 0.5) is 11.5 Å². The Kier molecular flexibility index (Phi) is 4.33. The lowest BCUT2D eigenvalue weighted by molar-refractivity contribution is 0.549. The highest BCUT2D eigenvalue weighted by molar-refractivity contribution is 7.99. The molecule has 1 aliphatic rings. The van der Waals surface area contributed by atoms with Crippen molar-refractivity contribution >= 4 is 46.5 Å². The van der Waals surface area contributed by atoms with Gasteiger partial charge in [-0.05, 0) is 18.6 Å². The van der Waals surface area contributed by atoms with Gasteiger partial charge in [0.25, 0.3) is 0 Å². The fourth-order valence-corrected chi connectivity index (χ4v) is 4.26. The van der Waals surface area contributed by atoms with Crippen molar-refractivity contribution in [3.05, 3.63) is 34.2 Å². The smallest absolute Gasteiger partial charge is 0.192 e. The van der Waals surface area contributed by atoms with E-state index in [1.165, 1.54) is 23.4 Å². The average molecular weight is 370 g/mol. The first-order valence-electron chi connectivity index (χ1n) is 7.16. The second-order valence-electron chi connectivity index (χ2n) is 6.12. The summed E-state index contributed by atoms with van der Waals surface area (Å²) in [6, 6.07) is 3.57. The first-order valence-corrected chi connectivity index (χ1v) is 8.80. The van der Waals surface area contributed by atoms with E-state index >= 15 is 0 Å². The zero-order chi connectivity index (χ0) is 16.8. The molecule has 1 unspecified atom stereocenters. The van der Waals surface area contributed by atoms with Crippen molar-refractivity contribution in [1.82, 2.24) is 15.0 Å². The molecule has 1 atom stereocenters. The van der Waals surface area contributed by atoms with Crippen LogP contribution in [0.1, 0.15) is 26.3 Å². The maximum Gasteiger partial charge on any atom is 0.192 e. The Morgan fingerprint density at radius 2 is 2.09 bits per heavy atom. The Bertz CT molecular complexity index is 732. The minimum atomic E-state index is 0.00491. The lowest BCUT2D eigenvalue weighted by atomic mass is 9.88. The summed E-state index contributed by atoms with van der Waals surface area (Å²) in [5.74, 6) is 0.363. The summed E-state index contributed by atoms with van der Waals surface area (Å²) in [7, 11) is 0. The lowest BCUT2D eigenvalue weighted by Crippen LogP contribution is -2.34. The molecule has 0 bridgehead atoms. The molecule has 0 amide bonds. The molecule has 0 aliphatic carbocycles. The zero-order valence-corrected chi connectivity index (χ0v) is 15.4. The van der Waals surface area contributed by atoms with Crippen LogP contribution < -0.4 is 10.6 Å². The van der Waals surface area contributed by atoms with Crippen LogP contribution in [0.3, 0.4) is 0 Å². The van der Waals surface area contributed by atoms with Crippen LogP contribution in [0.5, 0.6) is 0 Å². The highest BCUT2D eigenvalue weighted by Crippen LogP contribution is 2.46. The number of nitrogen functional groups attached to an aromatic ring is 1. The summed E-state index contributed by atoms with van der Waals surface area (Å²) in [6.45, 7) is 7.33. The van der Waals surface area contributed by atoms with Crippen LogP contribution in [0.15, 0.2) is 23.5 Å². The van der Waals surface area contributed by atoms with E-state index in [1.807, 2.05) is 6.07 Å². The topological polar surface area (TPSA) is 67.9 Å². The SMILES string of the molecule is CC(Sc1nc(N)cc(Cl)n1)N1CC(C)(C)c2ccnc(Cl)c21. The first-order chi connectivity index (χ1) is 10.8. The second-order valence-corrected chi connectivity index (χ2v) is 8.15. The summed E-state index contributed by atoms with van der Waals surface area (Å²) < 4.78 is 0. The fourth-order valence-electron chi connectivity index (χ4n) is 2.83. The van der Waals surface area contributed by atoms with E-state index in [2.05, 4.69) is 40.6 Å². The molecule has 0 saturated heterocycles. The number of nitrogens with zero attached hydrogens (tertiary/aromatic N) is 4. The van der Waals surface area contributed by atoms with Gasteiger partial charge < -0.3 is 10.6 Å². The molecule has 122 valence electrons. The van der Waals surface area contributed by atoms with Gasteiger partial charge in [-0.3, -0.25) is 0 Å². The van der Waals surface area contributed by atoms with Crippen molar-refractivity contribution in [2.24, 2.45) is 0 Å². The van der Waals surface area contributed by atoms with E-state index in [-0.39, 0.29) is 10.8 Å². The zero-order valence-electron chi connectivity index (χ0n) is 13.0. The Morgan fingerprint density at radius 3 is 2.78 bits per heavy atom. The van der Waals surface area contributed by atoms with Gasteiger partial charge in [-0.15, -0.1) is 0 Å². The summed E-state index contributed by atoms with van der Waals surface area (Å²) in [5, 5.41) is 1.48. The van der Waals surface area contributed by atoms with Crippen molar-refractivity contribution in [1.29, 1.82) is 0 Å². The van der Waals surface area contributed by atoms with Gasteiger partial charge in [0.05, 0.1) is 11.1 Å². The Balaban J connectivity index is 1.91. The average Bonchev–Trinajstić information content (AvgIpc) is 2.71. The van der Waals surface area contributed by atoms with E-state index in [1.54, 1.807) is 6.20 Å². The van der Waals surface area contributed by atoms with Gasteiger partial charge in [0.1, 0.15) is 11.0 Å². The summed E-state index contributed by atoms with van der Waals surface area (Å²) >= 11 is 13.8. The van der Waals surface area contributed by atoms with Gasteiger partial charge in [0.2, 0.25) is 0 Å². The predicted molar refractivity (Wildman–Crippen MR) is 96.4 cm³/mol. The molecule has 3 heterocycles. The number of rotatable bonds is 3. The first kappa shape index (κ1) is 16.6. The molecule has 0 saturated carbocycles. The van der Waals surface area contributed by atoms with Crippen LogP contribution in [0, 0.1) is 0 Å². The van der Waals surface area contributed by atoms with Crippen LogP contribution >= 0.6 is 35.0 Å². The van der Waals surface area contributed by atoms with E-state index in [4.69, 9.17) is 28.9 Å². The monoisotopic (exact) mass is 369 g/mol. The Labute approximate surface area is 149 Å². The van der Waals surface area contributed by atoms with E-state index in [9.17, 15) is 0 Å². The molecule has 0 aromatic carbocycles. The maximum atomic E-state index is 6.35. The van der Waals surface area contributed by atoms with Crippen LogP contribution in [0.25, 0.3) is 0 Å². The van der Waals surface area contributed by atoms with E-state index < -0.39 is 0 Å². The Morgan fingerprint density at radius 1 is 1.35 bits per heavy atom. The standard InChI is InChI=1S/C15H17Cl2N5S/c1-8(23-14-20-10(16)6-11(18)21-14)22-7-15(2,3)9-4-5-19-13(17)12(9)22/h4-6,8H,7H2,1-3H3,(H2,18,20,21). The molecule has 5 nitrogen and oxygen atoms in total. The molecule has 0 radical (unpaired) electrons. The molecular weight excluding hydrogens is 353 g/mol. The molecular formula is C15H17Cl2N5S. The van der Waals surface area contributed by atoms with Gasteiger partial charge >= 0.3 is 0 Å². The highest BCUT2D eigenvalue weighted by Gasteiger charge is 2.39. The molecule has 23 heavy (non-hydrogen) atoms. The lowest BCUT2D eigenvalue weighted by Gasteiger charge is -2.28. The molecule has 1 aliphatic heterocycles. The number of hydrogen-bond acceptors (Lipinski definition) is 6. The van der Waals surface area contributed by atoms with Crippen LogP contribution in [-0.2, 0) is 5.41 Å². The number of hydrogen-bond donors (Lipinski definition) is 1. The molecule has 2 aromatic rings. The Hall–Kier alpha value is -1.24. The fraction of sp³-hybridized carbons (Fsp3) is 0.400. The number of fused-ring (bicyclic) bond motifs is 1. The van der Waals surface area contributed by atoms with Gasteiger partial charge in [0, 0.05) is 24.2 Å². The van der Waals surface area contributed by atoms with Crippen molar-refractivity contribution in [2.45, 2.75) is 36.7 Å². The third kappa shape index (κ3) is 3.20. The van der Waals surface area contributed by atoms with Gasteiger partial charge in [-0.25, -0.2) is 15.0 Å². The molecule has 0 spiro atoms. The number of halogens is 2. The van der Waals surface area contributed by atoms with Crippen LogP contribution in [-0.4, -0.2) is 26.9 Å². The predicted octanol–water partition coefficient (Wildman–Crippen LogP) is 4.00. The normalized spacial score (nSPS) is 17.2. The van der Waals surface area contributed by atoms with Crippen molar-refractivity contribution in [3.8, 4) is 0 Å². The number of aromatic nitrogens is 3. The summed E-state index contributed by atoms with van der Waals surface area (Å²) in [4.78, 5) is 14.9. The number of anilines is 2. The highest BCUT2D eigenvalue weighted by atomic mass is 35.5. The van der Waals surface area contributed by atoms with E-state index in [0.717, 1.165) is 12.2 Å². The summed E-state index contributed by atoms with van der Waals surface area (Å²) in [6.07, 6.45) is 1.75. The van der Waals surface area contributed by atoms with Crippen molar-refractivity contribution in [3.63, 3.8) is 0 Å². The number of thioether (sulfide) groups is 1. The second kappa shape index (κ2) is 6.00. The molecule has 2 aromatic heterocycles. The van der Waals surface area contributed by atoms with Crippen molar-refractivity contribution < 1.29 is 0 Å². The van der Waals surface area contributed by atoms with E-state index in [0.29, 0.717) is 21.3 Å². The van der Waals surface area contributed by atoms with Crippen molar-refractivity contribution in [2.75, 3.05) is 17.2 Å². The van der Waals surface area contributed by atoms with Crippen LogP contribution in [0.2, 0.25) is 10.3 Å². The maximum absolute atomic E-state index is 6.35. The molecule has 8 heteroatoms. The largest absolute Gasteiger partial charge is 0.384 e. The summed E-state index contributed by atoms with van der Waals surface area (Å²) in [5.41, 5.74) is 7.93. The quantitative estimate of drug-likeness (QED) is 0.381.